The highest BCUT2D eigenvalue weighted by Crippen LogP contribution is 2.18. The van der Waals surface area contributed by atoms with Gasteiger partial charge in [0, 0.05) is 18.2 Å². The molecule has 3 rings (SSSR count). The fourth-order valence-electron chi connectivity index (χ4n) is 2.68. The van der Waals surface area contributed by atoms with Gasteiger partial charge in [0.1, 0.15) is 12.0 Å². The van der Waals surface area contributed by atoms with Crippen LogP contribution in [0.15, 0.2) is 46.0 Å². The lowest BCUT2D eigenvalue weighted by Crippen LogP contribution is -2.44. The van der Waals surface area contributed by atoms with Gasteiger partial charge in [0.25, 0.3) is 0 Å². The van der Waals surface area contributed by atoms with Gasteiger partial charge in [-0.2, -0.15) is 0 Å². The summed E-state index contributed by atoms with van der Waals surface area (Å²) in [6, 6.07) is 9.58. The molecule has 1 saturated heterocycles. The summed E-state index contributed by atoms with van der Waals surface area (Å²) in [5.41, 5.74) is 1.63. The Morgan fingerprint density at radius 1 is 1.35 bits per heavy atom. The van der Waals surface area contributed by atoms with Crippen LogP contribution >= 0.6 is 24.0 Å². The molecule has 0 bridgehead atoms. The smallest absolute Gasteiger partial charge is 0.226 e. The van der Waals surface area contributed by atoms with E-state index in [1.165, 1.54) is 0 Å². The molecule has 2 aromatic rings. The number of hydrogen-bond acceptors (Lipinski definition) is 5. The van der Waals surface area contributed by atoms with Gasteiger partial charge in [-0.25, -0.2) is 18.4 Å². The third-order valence-electron chi connectivity index (χ3n) is 3.89. The molecule has 2 heterocycles. The Kier molecular flexibility index (Phi) is 7.44. The molecule has 1 unspecified atom stereocenters. The summed E-state index contributed by atoms with van der Waals surface area (Å²) in [4.78, 5) is 8.92. The third kappa shape index (κ3) is 5.70. The molecule has 0 aliphatic carbocycles. The standard InChI is InChI=1S/C17H22N4O3S.HI/c1-2-18-17(21-14-8-9-25(22,23)12-14)19-10-15-11-24-16(20-15)13-6-4-3-5-7-13;/h3-7,11,14H,2,8-10,12H2,1H3,(H2,18,19,21);1H. The summed E-state index contributed by atoms with van der Waals surface area (Å²) < 4.78 is 28.7. The van der Waals surface area contributed by atoms with Crippen molar-refractivity contribution in [1.82, 2.24) is 15.6 Å². The first kappa shape index (κ1) is 20.7. The Hall–Kier alpha value is -1.62. The number of halogens is 1. The molecular weight excluding hydrogens is 467 g/mol. The lowest BCUT2D eigenvalue weighted by atomic mass is 10.2. The van der Waals surface area contributed by atoms with E-state index in [1.807, 2.05) is 37.3 Å². The van der Waals surface area contributed by atoms with Gasteiger partial charge in [-0.1, -0.05) is 18.2 Å². The normalized spacial score (nSPS) is 19.0. The Labute approximate surface area is 170 Å². The molecule has 142 valence electrons. The zero-order valence-corrected chi connectivity index (χ0v) is 17.7. The maximum Gasteiger partial charge on any atom is 0.226 e. The summed E-state index contributed by atoms with van der Waals surface area (Å²) in [7, 11) is -2.92. The maximum absolute atomic E-state index is 11.6. The average Bonchev–Trinajstić information content (AvgIpc) is 3.20. The highest BCUT2D eigenvalue weighted by atomic mass is 127. The van der Waals surface area contributed by atoms with E-state index in [1.54, 1.807) is 6.26 Å². The number of guanidine groups is 1. The number of aliphatic imine (C=N–C) groups is 1. The molecule has 1 fully saturated rings. The summed E-state index contributed by atoms with van der Waals surface area (Å²) in [5.74, 6) is 1.53. The molecule has 9 heteroatoms. The first-order valence-corrected chi connectivity index (χ1v) is 10.1. The molecule has 1 aliphatic heterocycles. The van der Waals surface area contributed by atoms with Crippen molar-refractivity contribution in [3.05, 3.63) is 42.3 Å². The molecule has 1 aliphatic rings. The minimum atomic E-state index is -2.92. The van der Waals surface area contributed by atoms with E-state index < -0.39 is 9.84 Å². The Bertz CT molecular complexity index is 837. The summed E-state index contributed by atoms with van der Waals surface area (Å²) in [6.07, 6.45) is 2.20. The first-order valence-electron chi connectivity index (χ1n) is 8.31. The van der Waals surface area contributed by atoms with Crippen LogP contribution in [0.5, 0.6) is 0 Å². The third-order valence-corrected chi connectivity index (χ3v) is 5.66. The molecule has 0 spiro atoms. The van der Waals surface area contributed by atoms with Crippen LogP contribution in [0.1, 0.15) is 19.0 Å². The fraction of sp³-hybridized carbons (Fsp3) is 0.412. The summed E-state index contributed by atoms with van der Waals surface area (Å²) >= 11 is 0. The molecule has 1 aromatic carbocycles. The van der Waals surface area contributed by atoms with Crippen molar-refractivity contribution in [3.63, 3.8) is 0 Å². The van der Waals surface area contributed by atoms with E-state index in [0.717, 1.165) is 11.3 Å². The van der Waals surface area contributed by atoms with Gasteiger partial charge in [-0.05, 0) is 25.5 Å². The minimum absolute atomic E-state index is 0. The monoisotopic (exact) mass is 490 g/mol. The van der Waals surface area contributed by atoms with Crippen LogP contribution in [0.3, 0.4) is 0 Å². The van der Waals surface area contributed by atoms with Gasteiger partial charge in [-0.3, -0.25) is 0 Å². The topological polar surface area (TPSA) is 96.6 Å². The second-order valence-electron chi connectivity index (χ2n) is 5.95. The van der Waals surface area contributed by atoms with E-state index >= 15 is 0 Å². The van der Waals surface area contributed by atoms with Crippen molar-refractivity contribution < 1.29 is 12.8 Å². The first-order chi connectivity index (χ1) is 12.1. The highest BCUT2D eigenvalue weighted by molar-refractivity contribution is 14.0. The van der Waals surface area contributed by atoms with Crippen molar-refractivity contribution in [2.24, 2.45) is 4.99 Å². The molecule has 1 aromatic heterocycles. The van der Waals surface area contributed by atoms with Crippen LogP contribution in [-0.2, 0) is 16.4 Å². The van der Waals surface area contributed by atoms with Crippen molar-refractivity contribution in [1.29, 1.82) is 0 Å². The number of nitrogens with zero attached hydrogens (tertiary/aromatic N) is 2. The van der Waals surface area contributed by atoms with Crippen molar-refractivity contribution in [3.8, 4) is 11.5 Å². The van der Waals surface area contributed by atoms with Crippen LogP contribution in [0.2, 0.25) is 0 Å². The van der Waals surface area contributed by atoms with Gasteiger partial charge in [0.15, 0.2) is 15.8 Å². The van der Waals surface area contributed by atoms with E-state index in [0.29, 0.717) is 31.4 Å². The number of oxazole rings is 1. The van der Waals surface area contributed by atoms with E-state index in [2.05, 4.69) is 20.6 Å². The lowest BCUT2D eigenvalue weighted by Gasteiger charge is -2.15. The SMILES string of the molecule is CCNC(=NCc1coc(-c2ccccc2)n1)NC1CCS(=O)(=O)C1.I. The second kappa shape index (κ2) is 9.36. The van der Waals surface area contributed by atoms with E-state index in [-0.39, 0.29) is 41.5 Å². The molecule has 26 heavy (non-hydrogen) atoms. The van der Waals surface area contributed by atoms with Crippen molar-refractivity contribution in [2.45, 2.75) is 25.9 Å². The summed E-state index contributed by atoms with van der Waals surface area (Å²) in [6.45, 7) is 3.01. The Balaban J connectivity index is 0.00000243. The lowest BCUT2D eigenvalue weighted by molar-refractivity contribution is 0.572. The molecule has 0 saturated carbocycles. The average molecular weight is 490 g/mol. The zero-order chi connectivity index (χ0) is 17.7. The van der Waals surface area contributed by atoms with E-state index in [4.69, 9.17) is 4.42 Å². The van der Waals surface area contributed by atoms with E-state index in [9.17, 15) is 8.42 Å². The quantitative estimate of drug-likeness (QED) is 0.379. The predicted octanol–water partition coefficient (Wildman–Crippen LogP) is 2.20. The van der Waals surface area contributed by atoms with Crippen molar-refractivity contribution in [2.75, 3.05) is 18.1 Å². The number of hydrogen-bond donors (Lipinski definition) is 2. The number of rotatable bonds is 5. The zero-order valence-electron chi connectivity index (χ0n) is 14.5. The van der Waals surface area contributed by atoms with Crippen LogP contribution in [0.25, 0.3) is 11.5 Å². The van der Waals surface area contributed by atoms with Crippen LogP contribution in [0.4, 0.5) is 0 Å². The van der Waals surface area contributed by atoms with Gasteiger partial charge < -0.3 is 15.1 Å². The second-order valence-corrected chi connectivity index (χ2v) is 8.18. The number of aromatic nitrogens is 1. The van der Waals surface area contributed by atoms with Crippen LogP contribution in [-0.4, -0.2) is 43.5 Å². The number of benzene rings is 1. The highest BCUT2D eigenvalue weighted by Gasteiger charge is 2.28. The predicted molar refractivity (Wildman–Crippen MR) is 112 cm³/mol. The Morgan fingerprint density at radius 2 is 2.12 bits per heavy atom. The Morgan fingerprint density at radius 3 is 2.77 bits per heavy atom. The molecule has 0 amide bonds. The van der Waals surface area contributed by atoms with Gasteiger partial charge in [-0.15, -0.1) is 24.0 Å². The molecular formula is C17H23IN4O3S. The van der Waals surface area contributed by atoms with Crippen LogP contribution < -0.4 is 10.6 Å². The van der Waals surface area contributed by atoms with Gasteiger partial charge in [0.2, 0.25) is 5.89 Å². The molecule has 2 N–H and O–H groups in total. The molecule has 0 radical (unpaired) electrons. The van der Waals surface area contributed by atoms with Gasteiger partial charge >= 0.3 is 0 Å². The number of nitrogens with one attached hydrogen (secondary N) is 2. The van der Waals surface area contributed by atoms with Gasteiger partial charge in [0.05, 0.1) is 18.1 Å². The summed E-state index contributed by atoms with van der Waals surface area (Å²) in [5, 5.41) is 6.31. The fourth-order valence-corrected chi connectivity index (χ4v) is 4.35. The molecule has 7 nitrogen and oxygen atoms in total. The maximum atomic E-state index is 11.6. The van der Waals surface area contributed by atoms with Crippen molar-refractivity contribution >= 4 is 39.8 Å². The molecule has 1 atom stereocenters. The largest absolute Gasteiger partial charge is 0.444 e. The minimum Gasteiger partial charge on any atom is -0.444 e. The van der Waals surface area contributed by atoms with Crippen LogP contribution in [0, 0.1) is 0 Å². The number of sulfone groups is 1.